The van der Waals surface area contributed by atoms with Gasteiger partial charge in [0.1, 0.15) is 24.2 Å². The van der Waals surface area contributed by atoms with Crippen molar-refractivity contribution < 1.29 is 36.3 Å². The number of carbonyl (C=O) groups excluding carboxylic acids is 2. The molecule has 1 saturated carbocycles. The number of halogens is 2. The van der Waals surface area contributed by atoms with Crippen molar-refractivity contribution in [2.75, 3.05) is 65.0 Å². The van der Waals surface area contributed by atoms with Gasteiger partial charge in [-0.2, -0.15) is 0 Å². The average Bonchev–Trinajstić information content (AvgIpc) is 3.85. The Morgan fingerprint density at radius 1 is 0.980 bits per heavy atom. The van der Waals surface area contributed by atoms with Gasteiger partial charge in [0, 0.05) is 44.7 Å². The molecule has 274 valence electrons. The molecule has 2 aromatic carbocycles. The standard InChI is InChI=1S/C36H49F2N5O6S/c1-3-24(2)31(39)34(45)49-19-20-50(46,47)41-26-6-7-28(29(22-26)42-14-10-35(8-9-35)11-15-42)33(44)40-27-21-25-5-4-18-48-32(25)30(23-27)43-16-12-36(37,38)13-17-43/h6-7,21-24,31,41H,3-5,8-20,39H2,1-2H3,(H,40,44)/t24?,31-/m1/s1. The van der Waals surface area contributed by atoms with Crippen LogP contribution in [0.1, 0.15) is 81.1 Å². The van der Waals surface area contributed by atoms with Crippen molar-refractivity contribution in [1.29, 1.82) is 0 Å². The van der Waals surface area contributed by atoms with Gasteiger partial charge >= 0.3 is 5.97 Å². The van der Waals surface area contributed by atoms with Crippen molar-refractivity contribution >= 4 is 44.6 Å². The molecule has 4 N–H and O–H groups in total. The molecular weight excluding hydrogens is 668 g/mol. The van der Waals surface area contributed by atoms with Crippen LogP contribution < -0.4 is 30.3 Å². The lowest BCUT2D eigenvalue weighted by atomic mass is 9.93. The lowest BCUT2D eigenvalue weighted by Gasteiger charge is -2.36. The van der Waals surface area contributed by atoms with Crippen molar-refractivity contribution in [3.63, 3.8) is 0 Å². The number of piperidine rings is 2. The second-order valence-corrected chi connectivity index (χ2v) is 16.3. The first-order chi connectivity index (χ1) is 23.8. The minimum atomic E-state index is -3.90. The van der Waals surface area contributed by atoms with E-state index >= 15 is 0 Å². The van der Waals surface area contributed by atoms with Crippen molar-refractivity contribution in [1.82, 2.24) is 0 Å². The molecule has 0 bridgehead atoms. The Hall–Kier alpha value is -3.65. The average molecular weight is 718 g/mol. The minimum absolute atomic E-state index is 0.0928. The topological polar surface area (TPSA) is 143 Å². The highest BCUT2D eigenvalue weighted by Gasteiger charge is 2.45. The van der Waals surface area contributed by atoms with E-state index in [9.17, 15) is 26.8 Å². The predicted molar refractivity (Wildman–Crippen MR) is 190 cm³/mol. The molecule has 14 heteroatoms. The second-order valence-electron chi connectivity index (χ2n) is 14.5. The summed E-state index contributed by atoms with van der Waals surface area (Å²) in [5, 5.41) is 3.05. The van der Waals surface area contributed by atoms with Crippen LogP contribution in [0, 0.1) is 11.3 Å². The molecule has 1 spiro atoms. The third-order valence-electron chi connectivity index (χ3n) is 10.8. The zero-order chi connectivity index (χ0) is 35.7. The number of rotatable bonds is 12. The first-order valence-corrected chi connectivity index (χ1v) is 19.5. The Labute approximate surface area is 293 Å². The number of nitrogens with zero attached hydrogens (tertiary/aromatic N) is 2. The fraction of sp³-hybridized carbons (Fsp3) is 0.611. The van der Waals surface area contributed by atoms with Gasteiger partial charge in [-0.15, -0.1) is 0 Å². The number of sulfonamides is 1. The van der Waals surface area contributed by atoms with Gasteiger partial charge in [0.15, 0.2) is 0 Å². The molecule has 3 fully saturated rings. The number of alkyl halides is 2. The molecular formula is C36H49F2N5O6S. The summed E-state index contributed by atoms with van der Waals surface area (Å²) in [5.41, 5.74) is 9.76. The molecule has 2 aromatic rings. The Bertz CT molecular complexity index is 1680. The van der Waals surface area contributed by atoms with E-state index in [1.54, 1.807) is 24.3 Å². The van der Waals surface area contributed by atoms with Crippen LogP contribution in [0.5, 0.6) is 5.75 Å². The maximum Gasteiger partial charge on any atom is 0.323 e. The quantitative estimate of drug-likeness (QED) is 0.241. The van der Waals surface area contributed by atoms with Gasteiger partial charge in [0.05, 0.1) is 29.2 Å². The number of esters is 1. The molecule has 3 heterocycles. The third kappa shape index (κ3) is 8.44. The zero-order valence-corrected chi connectivity index (χ0v) is 29.8. The number of nitrogens with one attached hydrogen (secondary N) is 2. The largest absolute Gasteiger partial charge is 0.491 e. The molecule has 1 amide bonds. The number of carbonyl (C=O) groups is 2. The monoisotopic (exact) mass is 717 g/mol. The predicted octanol–water partition coefficient (Wildman–Crippen LogP) is 5.54. The highest BCUT2D eigenvalue weighted by atomic mass is 32.2. The maximum absolute atomic E-state index is 14.0. The van der Waals surface area contributed by atoms with Crippen LogP contribution in [0.25, 0.3) is 0 Å². The Balaban J connectivity index is 1.20. The van der Waals surface area contributed by atoms with Crippen LogP contribution in [-0.4, -0.2) is 77.4 Å². The van der Waals surface area contributed by atoms with Crippen LogP contribution in [0.4, 0.5) is 31.5 Å². The number of nitrogens with two attached hydrogens (primary N) is 1. The van der Waals surface area contributed by atoms with Crippen LogP contribution in [0.15, 0.2) is 30.3 Å². The summed E-state index contributed by atoms with van der Waals surface area (Å²) in [5.74, 6) is -3.55. The van der Waals surface area contributed by atoms with Gasteiger partial charge in [-0.1, -0.05) is 20.3 Å². The fourth-order valence-electron chi connectivity index (χ4n) is 7.05. The first kappa shape index (κ1) is 36.2. The SMILES string of the molecule is CCC(C)[C@@H](N)C(=O)OCCS(=O)(=O)Nc1ccc(C(=O)Nc2cc3c(c(N4CCC(F)(F)CC4)c2)OCCC3)c(N2CCC3(CC2)CC3)c1. The van der Waals surface area contributed by atoms with Crippen LogP contribution in [0.3, 0.4) is 0 Å². The van der Waals surface area contributed by atoms with E-state index < -0.39 is 33.7 Å². The molecule has 3 aliphatic heterocycles. The van der Waals surface area contributed by atoms with Crippen molar-refractivity contribution in [3.8, 4) is 5.75 Å². The molecule has 1 unspecified atom stereocenters. The van der Waals surface area contributed by atoms with Crippen molar-refractivity contribution in [2.24, 2.45) is 17.1 Å². The van der Waals surface area contributed by atoms with Gasteiger partial charge < -0.3 is 30.3 Å². The van der Waals surface area contributed by atoms with Crippen LogP contribution in [0.2, 0.25) is 0 Å². The van der Waals surface area contributed by atoms with E-state index in [0.717, 1.165) is 44.3 Å². The number of hydrogen-bond donors (Lipinski definition) is 3. The van der Waals surface area contributed by atoms with Gasteiger partial charge in [-0.25, -0.2) is 17.2 Å². The first-order valence-electron chi connectivity index (χ1n) is 17.8. The second kappa shape index (κ2) is 14.5. The molecule has 2 saturated heterocycles. The highest BCUT2D eigenvalue weighted by molar-refractivity contribution is 7.92. The normalized spacial score (nSPS) is 20.7. The maximum atomic E-state index is 14.0. The molecule has 11 nitrogen and oxygen atoms in total. The Morgan fingerprint density at radius 2 is 1.64 bits per heavy atom. The molecule has 50 heavy (non-hydrogen) atoms. The summed E-state index contributed by atoms with van der Waals surface area (Å²) in [4.78, 5) is 30.3. The van der Waals surface area contributed by atoms with E-state index in [1.807, 2.05) is 24.8 Å². The molecule has 4 aliphatic rings. The summed E-state index contributed by atoms with van der Waals surface area (Å²) < 4.78 is 67.8. The smallest absolute Gasteiger partial charge is 0.323 e. The summed E-state index contributed by atoms with van der Waals surface area (Å²) >= 11 is 0. The van der Waals surface area contributed by atoms with Crippen molar-refractivity contribution in [2.45, 2.75) is 83.6 Å². The van der Waals surface area contributed by atoms with E-state index in [4.69, 9.17) is 15.2 Å². The summed E-state index contributed by atoms with van der Waals surface area (Å²) in [7, 11) is -3.90. The lowest BCUT2D eigenvalue weighted by molar-refractivity contribution is -0.145. The van der Waals surface area contributed by atoms with Crippen molar-refractivity contribution in [3.05, 3.63) is 41.5 Å². The Morgan fingerprint density at radius 3 is 2.32 bits per heavy atom. The number of aryl methyl sites for hydroxylation is 1. The van der Waals surface area contributed by atoms with Gasteiger partial charge in [-0.3, -0.25) is 14.3 Å². The molecule has 6 rings (SSSR count). The highest BCUT2D eigenvalue weighted by Crippen LogP contribution is 2.54. The van der Waals surface area contributed by atoms with Crippen LogP contribution >= 0.6 is 0 Å². The molecule has 0 aromatic heterocycles. The van der Waals surface area contributed by atoms with Gasteiger partial charge in [0.25, 0.3) is 11.8 Å². The molecule has 2 atom stereocenters. The molecule has 0 radical (unpaired) electrons. The van der Waals surface area contributed by atoms with E-state index in [0.29, 0.717) is 52.5 Å². The van der Waals surface area contributed by atoms with E-state index in [-0.39, 0.29) is 44.4 Å². The zero-order valence-electron chi connectivity index (χ0n) is 28.9. The number of amides is 1. The number of hydrogen-bond acceptors (Lipinski definition) is 9. The van der Waals surface area contributed by atoms with Crippen LogP contribution in [-0.2, 0) is 26.0 Å². The Kier molecular flexibility index (Phi) is 10.5. The fourth-order valence-corrected chi connectivity index (χ4v) is 7.95. The lowest BCUT2D eigenvalue weighted by Crippen LogP contribution is -2.39. The number of fused-ring (bicyclic) bond motifs is 1. The van der Waals surface area contributed by atoms with Gasteiger partial charge in [-0.05, 0) is 85.8 Å². The summed E-state index contributed by atoms with van der Waals surface area (Å²) in [6.07, 6.45) is 6.17. The number of ether oxygens (including phenoxy) is 2. The number of anilines is 4. The summed E-state index contributed by atoms with van der Waals surface area (Å²) in [6.45, 7) is 5.80. The summed E-state index contributed by atoms with van der Waals surface area (Å²) in [6, 6.07) is 7.71. The number of benzene rings is 2. The molecule has 1 aliphatic carbocycles. The van der Waals surface area contributed by atoms with Gasteiger partial charge in [0.2, 0.25) is 10.0 Å². The minimum Gasteiger partial charge on any atom is -0.491 e. The van der Waals surface area contributed by atoms with E-state index in [1.165, 1.54) is 12.8 Å². The van der Waals surface area contributed by atoms with E-state index in [2.05, 4.69) is 14.9 Å². The third-order valence-corrected chi connectivity index (χ3v) is 12.1.